The average Bonchev–Trinajstić information content (AvgIpc) is 3.37. The molecule has 0 amide bonds. The molecule has 1 aliphatic carbocycles. The van der Waals surface area contributed by atoms with Crippen molar-refractivity contribution >= 4 is 50.0 Å². The Morgan fingerprint density at radius 3 is 2.64 bits per heavy atom. The summed E-state index contributed by atoms with van der Waals surface area (Å²) >= 11 is 3.42. The van der Waals surface area contributed by atoms with Crippen LogP contribution in [0.4, 0.5) is 10.8 Å². The van der Waals surface area contributed by atoms with Crippen molar-refractivity contribution in [2.75, 3.05) is 36.0 Å². The number of hydrogen-bond acceptors (Lipinski definition) is 7. The summed E-state index contributed by atoms with van der Waals surface area (Å²) in [5.74, 6) is 1.11. The Morgan fingerprint density at radius 2 is 1.84 bits per heavy atom. The number of anilines is 2. The molecule has 7 heteroatoms. The zero-order chi connectivity index (χ0) is 16.8. The van der Waals surface area contributed by atoms with Gasteiger partial charge in [0, 0.05) is 31.1 Å². The first-order chi connectivity index (χ1) is 12.3. The highest BCUT2D eigenvalue weighted by atomic mass is 32.1. The topological polar surface area (TPSA) is 49.3 Å². The van der Waals surface area contributed by atoms with Gasteiger partial charge >= 0.3 is 0 Å². The smallest absolute Gasteiger partial charge is 0.160 e. The maximum atomic E-state index is 10.9. The summed E-state index contributed by atoms with van der Waals surface area (Å²) in [6, 6.07) is 3.96. The minimum absolute atomic E-state index is 0.795. The summed E-state index contributed by atoms with van der Waals surface area (Å²) < 4.78 is 0. The number of thiophene rings is 2. The monoisotopic (exact) mass is 370 g/mol. The second kappa shape index (κ2) is 6.07. The van der Waals surface area contributed by atoms with Gasteiger partial charge in [0.2, 0.25) is 0 Å². The first-order valence-corrected chi connectivity index (χ1v) is 10.3. The van der Waals surface area contributed by atoms with Crippen LogP contribution in [0.1, 0.15) is 26.5 Å². The molecule has 0 unspecified atom stereocenters. The van der Waals surface area contributed by atoms with Crippen LogP contribution in [0.2, 0.25) is 0 Å². The van der Waals surface area contributed by atoms with E-state index in [9.17, 15) is 4.79 Å². The zero-order valence-corrected chi connectivity index (χ0v) is 15.4. The fourth-order valence-electron chi connectivity index (χ4n) is 3.87. The summed E-state index contributed by atoms with van der Waals surface area (Å²) in [7, 11) is 0. The highest BCUT2D eigenvalue weighted by Gasteiger charge is 2.26. The van der Waals surface area contributed by atoms with Crippen molar-refractivity contribution in [1.29, 1.82) is 0 Å². The van der Waals surface area contributed by atoms with E-state index in [1.807, 2.05) is 17.4 Å². The second-order valence-electron chi connectivity index (χ2n) is 6.50. The molecule has 3 aromatic heterocycles. The number of carbonyl (C=O) groups excluding carboxylic acids is 1. The fourth-order valence-corrected chi connectivity index (χ4v) is 5.96. The molecule has 0 radical (unpaired) electrons. The van der Waals surface area contributed by atoms with Crippen LogP contribution >= 0.6 is 22.7 Å². The molecular formula is C18H18N4OS2. The van der Waals surface area contributed by atoms with Crippen LogP contribution in [0.15, 0.2) is 18.5 Å². The fraction of sp³-hybridized carbons (Fsp3) is 0.389. The third-order valence-corrected chi connectivity index (χ3v) is 7.37. The number of aldehydes is 1. The average molecular weight is 371 g/mol. The van der Waals surface area contributed by atoms with Crippen molar-refractivity contribution in [3.05, 3.63) is 33.8 Å². The zero-order valence-electron chi connectivity index (χ0n) is 13.8. The van der Waals surface area contributed by atoms with Crippen LogP contribution in [0, 0.1) is 0 Å². The van der Waals surface area contributed by atoms with Crippen molar-refractivity contribution in [1.82, 2.24) is 9.97 Å². The summed E-state index contributed by atoms with van der Waals surface area (Å²) in [5, 5.41) is 2.49. The number of piperazine rings is 1. The van der Waals surface area contributed by atoms with Crippen LogP contribution in [-0.2, 0) is 12.8 Å². The van der Waals surface area contributed by atoms with E-state index in [1.54, 1.807) is 17.7 Å². The number of aromatic nitrogens is 2. The standard InChI is InChI=1S/C18H18N4OS2/c23-10-12-4-5-15(24-12)21-6-8-22(9-7-21)17-16-13-2-1-3-14(13)25-18(16)20-11-19-17/h4-5,10-11H,1-3,6-9H2. The Kier molecular flexibility index (Phi) is 3.71. The summed E-state index contributed by atoms with van der Waals surface area (Å²) in [6.45, 7) is 3.81. The lowest BCUT2D eigenvalue weighted by molar-refractivity contribution is 0.112. The lowest BCUT2D eigenvalue weighted by Crippen LogP contribution is -2.46. The van der Waals surface area contributed by atoms with E-state index in [-0.39, 0.29) is 0 Å². The molecule has 128 valence electrons. The Labute approximate surface area is 153 Å². The maximum Gasteiger partial charge on any atom is 0.160 e. The molecule has 2 aliphatic rings. The summed E-state index contributed by atoms with van der Waals surface area (Å²) in [6.07, 6.45) is 6.27. The van der Waals surface area contributed by atoms with E-state index < -0.39 is 0 Å². The largest absolute Gasteiger partial charge is 0.360 e. The highest BCUT2D eigenvalue weighted by Crippen LogP contribution is 2.40. The van der Waals surface area contributed by atoms with Crippen LogP contribution in [0.5, 0.6) is 0 Å². The SMILES string of the molecule is O=Cc1ccc(N2CCN(c3ncnc4sc5c(c34)CCC5)CC2)s1. The van der Waals surface area contributed by atoms with Crippen molar-refractivity contribution in [2.45, 2.75) is 19.3 Å². The Balaban J connectivity index is 1.41. The van der Waals surface area contributed by atoms with Crippen molar-refractivity contribution in [3.63, 3.8) is 0 Å². The lowest BCUT2D eigenvalue weighted by atomic mass is 10.1. The molecule has 0 bridgehead atoms. The minimum Gasteiger partial charge on any atom is -0.360 e. The van der Waals surface area contributed by atoms with Crippen LogP contribution < -0.4 is 9.80 Å². The maximum absolute atomic E-state index is 10.9. The Morgan fingerprint density at radius 1 is 1.00 bits per heavy atom. The molecule has 0 spiro atoms. The normalized spacial score (nSPS) is 17.3. The van der Waals surface area contributed by atoms with Crippen molar-refractivity contribution < 1.29 is 4.79 Å². The predicted molar refractivity (Wildman–Crippen MR) is 104 cm³/mol. The number of nitrogens with zero attached hydrogens (tertiary/aromatic N) is 4. The van der Waals surface area contributed by atoms with Crippen LogP contribution in [0.25, 0.3) is 10.2 Å². The van der Waals surface area contributed by atoms with Crippen LogP contribution in [-0.4, -0.2) is 42.4 Å². The molecule has 0 atom stereocenters. The van der Waals surface area contributed by atoms with E-state index in [0.29, 0.717) is 0 Å². The number of hydrogen-bond donors (Lipinski definition) is 0. The van der Waals surface area contributed by atoms with Crippen LogP contribution in [0.3, 0.4) is 0 Å². The molecular weight excluding hydrogens is 352 g/mol. The lowest BCUT2D eigenvalue weighted by Gasteiger charge is -2.36. The Hall–Kier alpha value is -1.99. The van der Waals surface area contributed by atoms with Gasteiger partial charge in [-0.3, -0.25) is 4.79 Å². The van der Waals surface area contributed by atoms with Gasteiger partial charge in [0.05, 0.1) is 15.3 Å². The third-order valence-electron chi connectivity index (χ3n) is 5.10. The van der Waals surface area contributed by atoms with Gasteiger partial charge in [0.15, 0.2) is 6.29 Å². The van der Waals surface area contributed by atoms with E-state index in [4.69, 9.17) is 0 Å². The first-order valence-electron chi connectivity index (χ1n) is 8.63. The second-order valence-corrected chi connectivity index (χ2v) is 8.68. The molecule has 5 nitrogen and oxygen atoms in total. The molecule has 5 rings (SSSR count). The van der Waals surface area contributed by atoms with E-state index in [0.717, 1.165) is 48.0 Å². The minimum atomic E-state index is 0.795. The van der Waals surface area contributed by atoms with E-state index in [1.165, 1.54) is 40.1 Å². The summed E-state index contributed by atoms with van der Waals surface area (Å²) in [4.78, 5) is 28.3. The Bertz CT molecular complexity index is 940. The molecule has 25 heavy (non-hydrogen) atoms. The van der Waals surface area contributed by atoms with Gasteiger partial charge in [-0.2, -0.15) is 0 Å². The van der Waals surface area contributed by atoms with Gasteiger partial charge < -0.3 is 9.80 Å². The summed E-state index contributed by atoms with van der Waals surface area (Å²) in [5.41, 5.74) is 1.49. The molecule has 4 heterocycles. The number of aryl methyl sites for hydroxylation is 2. The van der Waals surface area contributed by atoms with Gasteiger partial charge in [-0.15, -0.1) is 22.7 Å². The predicted octanol–water partition coefficient (Wildman–Crippen LogP) is 3.38. The molecule has 0 saturated carbocycles. The van der Waals surface area contributed by atoms with Gasteiger partial charge in [-0.1, -0.05) is 0 Å². The number of carbonyl (C=O) groups is 1. The number of rotatable bonds is 3. The molecule has 1 aliphatic heterocycles. The highest BCUT2D eigenvalue weighted by molar-refractivity contribution is 7.19. The van der Waals surface area contributed by atoms with Gasteiger partial charge in [-0.05, 0) is 37.0 Å². The molecule has 1 fully saturated rings. The van der Waals surface area contributed by atoms with E-state index >= 15 is 0 Å². The van der Waals surface area contributed by atoms with E-state index in [2.05, 4.69) is 25.8 Å². The number of fused-ring (bicyclic) bond motifs is 3. The van der Waals surface area contributed by atoms with Crippen molar-refractivity contribution in [2.24, 2.45) is 0 Å². The first kappa shape index (κ1) is 15.3. The van der Waals surface area contributed by atoms with Gasteiger partial charge in [0.1, 0.15) is 17.0 Å². The molecule has 1 saturated heterocycles. The third kappa shape index (κ3) is 2.53. The quantitative estimate of drug-likeness (QED) is 0.662. The van der Waals surface area contributed by atoms with Gasteiger partial charge in [-0.25, -0.2) is 9.97 Å². The van der Waals surface area contributed by atoms with Gasteiger partial charge in [0.25, 0.3) is 0 Å². The molecule has 3 aromatic rings. The molecule has 0 N–H and O–H groups in total. The molecule has 0 aromatic carbocycles. The van der Waals surface area contributed by atoms with Crippen molar-refractivity contribution in [3.8, 4) is 0 Å².